The van der Waals surface area contributed by atoms with E-state index in [1.807, 2.05) is 0 Å². The zero-order chi connectivity index (χ0) is 11.1. The quantitative estimate of drug-likeness (QED) is 0.621. The highest BCUT2D eigenvalue weighted by Crippen LogP contribution is 2.13. The Bertz CT molecular complexity index is 186. The van der Waals surface area contributed by atoms with Gasteiger partial charge in [-0.1, -0.05) is 22.6 Å². The molecule has 0 aromatic heterocycles. The van der Waals surface area contributed by atoms with Gasteiger partial charge in [-0.15, -0.1) is 0 Å². The molecular formula is C10H17IO4. The molecule has 88 valence electrons. The first kappa shape index (κ1) is 13.2. The van der Waals surface area contributed by atoms with E-state index >= 15 is 0 Å². The van der Waals surface area contributed by atoms with Gasteiger partial charge in [-0.05, 0) is 25.7 Å². The van der Waals surface area contributed by atoms with Gasteiger partial charge in [-0.3, -0.25) is 0 Å². The minimum Gasteiger partial charge on any atom is -0.479 e. The Morgan fingerprint density at radius 2 is 1.93 bits per heavy atom. The van der Waals surface area contributed by atoms with Crippen LogP contribution in [0.3, 0.4) is 0 Å². The molecular weight excluding hydrogens is 311 g/mol. The molecule has 5 heteroatoms. The Balaban J connectivity index is 0.000000151. The van der Waals surface area contributed by atoms with E-state index in [1.54, 1.807) is 0 Å². The predicted molar refractivity (Wildman–Crippen MR) is 64.5 cm³/mol. The number of ether oxygens (including phenoxy) is 2. The first-order valence-electron chi connectivity index (χ1n) is 5.26. The molecule has 0 spiro atoms. The van der Waals surface area contributed by atoms with Gasteiger partial charge in [0.15, 0.2) is 6.10 Å². The number of carboxylic acids is 1. The third-order valence-corrected chi connectivity index (χ3v) is 3.38. The summed E-state index contributed by atoms with van der Waals surface area (Å²) in [5, 5.41) is 8.29. The number of alkyl halides is 1. The van der Waals surface area contributed by atoms with Crippen molar-refractivity contribution in [1.82, 2.24) is 0 Å². The lowest BCUT2D eigenvalue weighted by atomic mass is 10.2. The van der Waals surface area contributed by atoms with E-state index in [4.69, 9.17) is 14.6 Å². The van der Waals surface area contributed by atoms with Gasteiger partial charge in [-0.25, -0.2) is 4.79 Å². The smallest absolute Gasteiger partial charge is 0.332 e. The van der Waals surface area contributed by atoms with Gasteiger partial charge in [0, 0.05) is 17.6 Å². The standard InChI is InChI=1S/C5H9IO.C5H8O3/c6-4-5-2-1-3-7-5;6-5(7)4-2-1-3-8-4/h5H,1-4H2;4H,1-3H2,(H,6,7). The molecule has 0 bridgehead atoms. The summed E-state index contributed by atoms with van der Waals surface area (Å²) in [7, 11) is 0. The normalized spacial score (nSPS) is 29.7. The van der Waals surface area contributed by atoms with Crippen LogP contribution in [0.1, 0.15) is 25.7 Å². The largest absolute Gasteiger partial charge is 0.479 e. The van der Waals surface area contributed by atoms with Gasteiger partial charge in [0.1, 0.15) is 0 Å². The second-order valence-corrected chi connectivity index (χ2v) is 4.51. The molecule has 2 heterocycles. The molecule has 0 radical (unpaired) electrons. The van der Waals surface area contributed by atoms with Gasteiger partial charge in [0.25, 0.3) is 0 Å². The van der Waals surface area contributed by atoms with Crippen LogP contribution in [0, 0.1) is 0 Å². The summed E-state index contributed by atoms with van der Waals surface area (Å²) in [5.41, 5.74) is 0. The maximum absolute atomic E-state index is 10.1. The van der Waals surface area contributed by atoms with E-state index in [0.717, 1.165) is 17.5 Å². The summed E-state index contributed by atoms with van der Waals surface area (Å²) in [6.07, 6.45) is 4.18. The number of hydrogen-bond donors (Lipinski definition) is 1. The molecule has 2 atom stereocenters. The Hall–Kier alpha value is 0.120. The summed E-state index contributed by atoms with van der Waals surface area (Å²) in [6.45, 7) is 1.60. The molecule has 2 aliphatic heterocycles. The molecule has 0 aromatic rings. The van der Waals surface area contributed by atoms with Gasteiger partial charge < -0.3 is 14.6 Å². The maximum atomic E-state index is 10.1. The van der Waals surface area contributed by atoms with Crippen LogP contribution in [0.5, 0.6) is 0 Å². The highest BCUT2D eigenvalue weighted by atomic mass is 127. The van der Waals surface area contributed by atoms with Crippen LogP contribution in [0.15, 0.2) is 0 Å². The van der Waals surface area contributed by atoms with Crippen molar-refractivity contribution in [3.63, 3.8) is 0 Å². The van der Waals surface area contributed by atoms with E-state index in [9.17, 15) is 4.79 Å². The molecule has 4 nitrogen and oxygen atoms in total. The minimum atomic E-state index is -0.831. The number of carbonyl (C=O) groups is 1. The van der Waals surface area contributed by atoms with Crippen LogP contribution < -0.4 is 0 Å². The third kappa shape index (κ3) is 5.12. The molecule has 2 fully saturated rings. The van der Waals surface area contributed by atoms with Crippen LogP contribution in [-0.4, -0.2) is 40.9 Å². The van der Waals surface area contributed by atoms with Crippen molar-refractivity contribution in [2.24, 2.45) is 0 Å². The Morgan fingerprint density at radius 3 is 2.20 bits per heavy atom. The molecule has 0 aliphatic carbocycles. The Labute approximate surface area is 103 Å². The molecule has 0 aromatic carbocycles. The second kappa shape index (κ2) is 7.40. The van der Waals surface area contributed by atoms with E-state index in [-0.39, 0.29) is 0 Å². The molecule has 1 N–H and O–H groups in total. The number of halogens is 1. The van der Waals surface area contributed by atoms with Crippen molar-refractivity contribution in [3.05, 3.63) is 0 Å². The summed E-state index contributed by atoms with van der Waals surface area (Å²) in [4.78, 5) is 10.1. The number of aliphatic carboxylic acids is 1. The Kier molecular flexibility index (Phi) is 6.51. The van der Waals surface area contributed by atoms with Crippen LogP contribution >= 0.6 is 22.6 Å². The first-order chi connectivity index (χ1) is 7.24. The highest BCUT2D eigenvalue weighted by molar-refractivity contribution is 14.1. The predicted octanol–water partition coefficient (Wildman–Crippen LogP) is 1.85. The molecule has 15 heavy (non-hydrogen) atoms. The lowest BCUT2D eigenvalue weighted by Crippen LogP contribution is -2.17. The van der Waals surface area contributed by atoms with Gasteiger partial charge in [0.2, 0.25) is 0 Å². The molecule has 2 saturated heterocycles. The SMILES string of the molecule is ICC1CCCO1.O=C(O)C1CCCO1. The van der Waals surface area contributed by atoms with E-state index in [2.05, 4.69) is 22.6 Å². The summed E-state index contributed by atoms with van der Waals surface area (Å²) < 4.78 is 11.3. The van der Waals surface area contributed by atoms with Gasteiger partial charge >= 0.3 is 5.97 Å². The van der Waals surface area contributed by atoms with Crippen molar-refractivity contribution in [2.75, 3.05) is 17.6 Å². The average Bonchev–Trinajstić information content (AvgIpc) is 2.92. The third-order valence-electron chi connectivity index (χ3n) is 2.40. The van der Waals surface area contributed by atoms with Crippen molar-refractivity contribution >= 4 is 28.6 Å². The molecule has 2 aliphatic rings. The summed E-state index contributed by atoms with van der Waals surface area (Å²) in [6, 6.07) is 0. The lowest BCUT2D eigenvalue weighted by Gasteiger charge is -2.00. The lowest BCUT2D eigenvalue weighted by molar-refractivity contribution is -0.147. The van der Waals surface area contributed by atoms with Crippen molar-refractivity contribution in [2.45, 2.75) is 37.9 Å². The van der Waals surface area contributed by atoms with E-state index < -0.39 is 12.1 Å². The van der Waals surface area contributed by atoms with Crippen LogP contribution in [-0.2, 0) is 14.3 Å². The Morgan fingerprint density at radius 1 is 1.27 bits per heavy atom. The zero-order valence-corrected chi connectivity index (χ0v) is 10.8. The van der Waals surface area contributed by atoms with Gasteiger partial charge in [0.05, 0.1) is 6.10 Å². The van der Waals surface area contributed by atoms with Crippen LogP contribution in [0.4, 0.5) is 0 Å². The van der Waals surface area contributed by atoms with Crippen LogP contribution in [0.25, 0.3) is 0 Å². The first-order valence-corrected chi connectivity index (χ1v) is 6.78. The maximum Gasteiger partial charge on any atom is 0.332 e. The molecule has 0 saturated carbocycles. The fraction of sp³-hybridized carbons (Fsp3) is 0.900. The van der Waals surface area contributed by atoms with E-state index in [0.29, 0.717) is 19.1 Å². The highest BCUT2D eigenvalue weighted by Gasteiger charge is 2.21. The minimum absolute atomic E-state index is 0.519. The van der Waals surface area contributed by atoms with Crippen LogP contribution in [0.2, 0.25) is 0 Å². The number of rotatable bonds is 2. The van der Waals surface area contributed by atoms with Crippen molar-refractivity contribution in [1.29, 1.82) is 0 Å². The average molecular weight is 328 g/mol. The zero-order valence-electron chi connectivity index (χ0n) is 8.65. The number of carboxylic acid groups (broad SMARTS) is 1. The molecule has 2 unspecified atom stereocenters. The molecule has 0 amide bonds. The fourth-order valence-corrected chi connectivity index (χ4v) is 2.23. The monoisotopic (exact) mass is 328 g/mol. The fourth-order valence-electron chi connectivity index (χ4n) is 1.54. The number of hydrogen-bond acceptors (Lipinski definition) is 3. The molecule has 2 rings (SSSR count). The topological polar surface area (TPSA) is 55.8 Å². The van der Waals surface area contributed by atoms with Crippen molar-refractivity contribution < 1.29 is 19.4 Å². The summed E-state index contributed by atoms with van der Waals surface area (Å²) in [5.74, 6) is -0.831. The second-order valence-electron chi connectivity index (χ2n) is 3.63. The van der Waals surface area contributed by atoms with Crippen molar-refractivity contribution in [3.8, 4) is 0 Å². The summed E-state index contributed by atoms with van der Waals surface area (Å²) >= 11 is 2.36. The van der Waals surface area contributed by atoms with E-state index in [1.165, 1.54) is 12.8 Å². The van der Waals surface area contributed by atoms with Gasteiger partial charge in [-0.2, -0.15) is 0 Å².